The van der Waals surface area contributed by atoms with Gasteiger partial charge in [0, 0.05) is 11.1 Å². The lowest BCUT2D eigenvalue weighted by molar-refractivity contribution is -0.121. The molecule has 0 saturated heterocycles. The molecule has 0 radical (unpaired) electrons. The van der Waals surface area contributed by atoms with Gasteiger partial charge in [-0.05, 0) is 26.2 Å². The molecule has 6 heteroatoms. The third kappa shape index (κ3) is 5.98. The van der Waals surface area contributed by atoms with E-state index >= 15 is 0 Å². The first-order chi connectivity index (χ1) is 12.1. The van der Waals surface area contributed by atoms with E-state index in [1.54, 1.807) is 13.0 Å². The molecule has 0 aliphatic heterocycles. The van der Waals surface area contributed by atoms with E-state index in [2.05, 4.69) is 4.99 Å². The molecule has 0 fully saturated rings. The van der Waals surface area contributed by atoms with E-state index in [1.807, 2.05) is 0 Å². The highest BCUT2D eigenvalue weighted by Gasteiger charge is 2.34. The second kappa shape index (κ2) is 11.4. The Balaban J connectivity index is 2.37. The van der Waals surface area contributed by atoms with Gasteiger partial charge in [-0.1, -0.05) is 32.1 Å². The van der Waals surface area contributed by atoms with E-state index in [0.29, 0.717) is 24.1 Å². The van der Waals surface area contributed by atoms with Crippen molar-refractivity contribution in [2.45, 2.75) is 58.3 Å². The fourth-order valence-corrected chi connectivity index (χ4v) is 2.91. The Morgan fingerprint density at radius 2 is 1.36 bits per heavy atom. The minimum atomic E-state index is -0.271. The van der Waals surface area contributed by atoms with Crippen LogP contribution in [0.2, 0.25) is 0 Å². The van der Waals surface area contributed by atoms with Gasteiger partial charge >= 0.3 is 0 Å². The highest BCUT2D eigenvalue weighted by Crippen LogP contribution is 2.28. The number of isocyanates is 1. The average molecular weight is 349 g/mol. The van der Waals surface area contributed by atoms with Gasteiger partial charge in [0.15, 0.2) is 0 Å². The topological polar surface area (TPSA) is 82.0 Å². The number of ketones is 2. The third-order valence-electron chi connectivity index (χ3n) is 4.36. The van der Waals surface area contributed by atoms with Crippen molar-refractivity contribution >= 4 is 17.6 Å². The molecule has 0 saturated carbocycles. The van der Waals surface area contributed by atoms with Crippen molar-refractivity contribution in [3.8, 4) is 0 Å². The molecule has 138 valence electrons. The van der Waals surface area contributed by atoms with Crippen molar-refractivity contribution in [1.29, 1.82) is 0 Å². The Labute approximate surface area is 149 Å². The highest BCUT2D eigenvalue weighted by molar-refractivity contribution is 6.23. The first-order valence-electron chi connectivity index (χ1n) is 8.73. The standard InChI is InChI=1S/C19H27NO5/c1-14-15(17(23)19(25-3)18(24-2)16(14)22)11-9-7-5-4-6-8-10-12-20-13-21/h4-12H2,1-3H3. The predicted octanol–water partition coefficient (Wildman–Crippen LogP) is 3.42. The van der Waals surface area contributed by atoms with Crippen LogP contribution in [-0.4, -0.2) is 38.4 Å². The Morgan fingerprint density at radius 1 is 0.840 bits per heavy atom. The predicted molar refractivity (Wildman–Crippen MR) is 93.7 cm³/mol. The molecule has 25 heavy (non-hydrogen) atoms. The smallest absolute Gasteiger partial charge is 0.234 e. The van der Waals surface area contributed by atoms with Crippen LogP contribution in [0.25, 0.3) is 0 Å². The summed E-state index contributed by atoms with van der Waals surface area (Å²) >= 11 is 0. The summed E-state index contributed by atoms with van der Waals surface area (Å²) < 4.78 is 10.1. The zero-order valence-corrected chi connectivity index (χ0v) is 15.4. The summed E-state index contributed by atoms with van der Waals surface area (Å²) in [5.41, 5.74) is 0.993. The summed E-state index contributed by atoms with van der Waals surface area (Å²) in [6.07, 6.45) is 9.29. The number of carbonyl (C=O) groups is 2. The molecule has 0 aromatic heterocycles. The number of nitrogens with zero attached hydrogens (tertiary/aromatic N) is 1. The molecular formula is C19H27NO5. The van der Waals surface area contributed by atoms with Crippen LogP contribution in [0.3, 0.4) is 0 Å². The lowest BCUT2D eigenvalue weighted by Gasteiger charge is -2.20. The lowest BCUT2D eigenvalue weighted by atomic mass is 9.89. The van der Waals surface area contributed by atoms with Crippen LogP contribution in [0.5, 0.6) is 0 Å². The van der Waals surface area contributed by atoms with Crippen LogP contribution >= 0.6 is 0 Å². The molecule has 1 aliphatic carbocycles. The number of aliphatic imine (C=N–C) groups is 1. The summed E-state index contributed by atoms with van der Waals surface area (Å²) in [7, 11) is 2.74. The normalized spacial score (nSPS) is 14.7. The molecule has 0 unspecified atom stereocenters. The van der Waals surface area contributed by atoms with Crippen LogP contribution in [0.4, 0.5) is 0 Å². The molecule has 0 aromatic carbocycles. The first kappa shape index (κ1) is 20.8. The van der Waals surface area contributed by atoms with Crippen LogP contribution < -0.4 is 0 Å². The number of rotatable bonds is 12. The van der Waals surface area contributed by atoms with Gasteiger partial charge in [-0.15, -0.1) is 0 Å². The van der Waals surface area contributed by atoms with Crippen molar-refractivity contribution < 1.29 is 23.9 Å². The molecule has 0 N–H and O–H groups in total. The molecule has 0 atom stereocenters. The van der Waals surface area contributed by atoms with Gasteiger partial charge in [-0.25, -0.2) is 9.79 Å². The Morgan fingerprint density at radius 3 is 1.92 bits per heavy atom. The molecule has 0 aromatic rings. The second-order valence-electron chi connectivity index (χ2n) is 6.03. The van der Waals surface area contributed by atoms with E-state index in [4.69, 9.17) is 9.47 Å². The zero-order valence-electron chi connectivity index (χ0n) is 15.4. The summed E-state index contributed by atoms with van der Waals surface area (Å²) in [5, 5.41) is 0. The fraction of sp³-hybridized carbons (Fsp3) is 0.632. The van der Waals surface area contributed by atoms with Crippen molar-refractivity contribution in [2.75, 3.05) is 20.8 Å². The first-order valence-corrected chi connectivity index (χ1v) is 8.73. The maximum Gasteiger partial charge on any atom is 0.234 e. The molecule has 1 aliphatic rings. The summed E-state index contributed by atoms with van der Waals surface area (Å²) in [4.78, 5) is 38.2. The Kier molecular flexibility index (Phi) is 9.48. The van der Waals surface area contributed by atoms with Gasteiger partial charge in [-0.2, -0.15) is 0 Å². The summed E-state index contributed by atoms with van der Waals surface area (Å²) in [6, 6.07) is 0. The van der Waals surface area contributed by atoms with Crippen LogP contribution in [-0.2, 0) is 23.9 Å². The van der Waals surface area contributed by atoms with Crippen molar-refractivity contribution in [3.63, 3.8) is 0 Å². The van der Waals surface area contributed by atoms with Gasteiger partial charge in [-0.3, -0.25) is 9.59 Å². The lowest BCUT2D eigenvalue weighted by Crippen LogP contribution is -2.25. The highest BCUT2D eigenvalue weighted by atomic mass is 16.5. The van der Waals surface area contributed by atoms with E-state index in [-0.39, 0.29) is 23.1 Å². The maximum absolute atomic E-state index is 12.5. The molecule has 0 heterocycles. The summed E-state index contributed by atoms with van der Waals surface area (Å²) in [6.45, 7) is 2.23. The van der Waals surface area contributed by atoms with E-state index < -0.39 is 0 Å². The Hall–Kier alpha value is -2.20. The molecule has 0 amide bonds. The van der Waals surface area contributed by atoms with Crippen LogP contribution in [0, 0.1) is 0 Å². The monoisotopic (exact) mass is 349 g/mol. The van der Waals surface area contributed by atoms with Gasteiger partial charge in [0.2, 0.25) is 29.2 Å². The van der Waals surface area contributed by atoms with E-state index in [0.717, 1.165) is 44.9 Å². The summed E-state index contributed by atoms with van der Waals surface area (Å²) in [5.74, 6) is -0.516. The SMILES string of the molecule is COC1=C(OC)C(=O)C(CCCCCCCCCN=C=O)=C(C)C1=O. The van der Waals surface area contributed by atoms with Crippen molar-refractivity contribution in [2.24, 2.45) is 4.99 Å². The minimum absolute atomic E-state index is 0.00563. The third-order valence-corrected chi connectivity index (χ3v) is 4.36. The van der Waals surface area contributed by atoms with Gasteiger partial charge in [0.05, 0.1) is 20.8 Å². The molecular weight excluding hydrogens is 322 g/mol. The minimum Gasteiger partial charge on any atom is -0.489 e. The molecule has 1 rings (SSSR count). The maximum atomic E-state index is 12.5. The number of unbranched alkanes of at least 4 members (excludes halogenated alkanes) is 6. The number of methoxy groups -OCH3 is 2. The second-order valence-corrected chi connectivity index (χ2v) is 6.03. The fourth-order valence-electron chi connectivity index (χ4n) is 2.91. The average Bonchev–Trinajstić information content (AvgIpc) is 2.61. The quantitative estimate of drug-likeness (QED) is 0.233. The van der Waals surface area contributed by atoms with Crippen molar-refractivity contribution in [1.82, 2.24) is 0 Å². The van der Waals surface area contributed by atoms with Crippen molar-refractivity contribution in [3.05, 3.63) is 22.7 Å². The van der Waals surface area contributed by atoms with Crippen LogP contribution in [0.1, 0.15) is 58.3 Å². The largest absolute Gasteiger partial charge is 0.489 e. The van der Waals surface area contributed by atoms with E-state index in [1.165, 1.54) is 14.2 Å². The zero-order chi connectivity index (χ0) is 18.7. The van der Waals surface area contributed by atoms with E-state index in [9.17, 15) is 14.4 Å². The van der Waals surface area contributed by atoms with Gasteiger partial charge in [0.25, 0.3) is 0 Å². The number of Topliss-reactive ketones (excluding diaryl/α,β-unsaturated/α-hetero) is 2. The number of carbonyl (C=O) groups excluding carboxylic acids is 3. The Bertz CT molecular complexity index is 597. The van der Waals surface area contributed by atoms with Crippen LogP contribution in [0.15, 0.2) is 27.7 Å². The number of ether oxygens (including phenoxy) is 2. The number of hydrogen-bond acceptors (Lipinski definition) is 6. The van der Waals surface area contributed by atoms with Gasteiger partial charge < -0.3 is 9.47 Å². The molecule has 6 nitrogen and oxygen atoms in total. The number of allylic oxidation sites excluding steroid dienone is 2. The molecule has 0 bridgehead atoms. The van der Waals surface area contributed by atoms with Gasteiger partial charge in [0.1, 0.15) is 0 Å². The molecule has 0 spiro atoms. The number of hydrogen-bond donors (Lipinski definition) is 0.